The molecule has 0 aromatic heterocycles. The van der Waals surface area contributed by atoms with E-state index < -0.39 is 14.8 Å². The van der Waals surface area contributed by atoms with Gasteiger partial charge in [-0.2, -0.15) is 4.31 Å². The van der Waals surface area contributed by atoms with Gasteiger partial charge in [0.1, 0.15) is 0 Å². The predicted molar refractivity (Wildman–Crippen MR) is 120 cm³/mol. The van der Waals surface area contributed by atoms with Crippen LogP contribution in [0.5, 0.6) is 0 Å². The molecule has 0 N–H and O–H groups in total. The number of nitrogens with zero attached hydrogens (tertiary/aromatic N) is 2. The second-order valence-electron chi connectivity index (χ2n) is 9.63. The maximum absolute atomic E-state index is 13.5. The molecule has 1 aromatic carbocycles. The highest BCUT2D eigenvalue weighted by Crippen LogP contribution is 2.49. The molecule has 1 aromatic rings. The Kier molecular flexibility index (Phi) is 5.34. The average molecular weight is 490 g/mol. The molecule has 0 bridgehead atoms. The topological polar surface area (TPSA) is 40.6 Å². The Morgan fingerprint density at radius 2 is 1.86 bits per heavy atom. The van der Waals surface area contributed by atoms with Crippen molar-refractivity contribution in [3.63, 3.8) is 0 Å². The minimum Gasteiger partial charge on any atom is -0.366 e. The first kappa shape index (κ1) is 21.0. The lowest BCUT2D eigenvalue weighted by molar-refractivity contribution is 0.241. The van der Waals surface area contributed by atoms with Gasteiger partial charge in [-0.15, -0.1) is 0 Å². The van der Waals surface area contributed by atoms with Gasteiger partial charge in [0.25, 0.3) is 0 Å². The Hall–Kier alpha value is -0.300. The van der Waals surface area contributed by atoms with E-state index >= 15 is 0 Å². The van der Waals surface area contributed by atoms with Crippen molar-refractivity contribution in [1.29, 1.82) is 0 Å². The van der Waals surface area contributed by atoms with Crippen LogP contribution in [0.25, 0.3) is 0 Å². The molecular weight excluding hydrogens is 460 g/mol. The summed E-state index contributed by atoms with van der Waals surface area (Å²) in [5.74, 6) is 0. The molecule has 4 rings (SSSR count). The molecule has 4 nitrogen and oxygen atoms in total. The van der Waals surface area contributed by atoms with Crippen molar-refractivity contribution in [2.75, 3.05) is 18.0 Å². The molecule has 7 heteroatoms. The Balaban J connectivity index is 1.73. The van der Waals surface area contributed by atoms with Crippen molar-refractivity contribution in [2.24, 2.45) is 0 Å². The fraction of sp³-hybridized carbons (Fsp3) is 0.714. The molecule has 28 heavy (non-hydrogen) atoms. The average Bonchev–Trinajstić information content (AvgIpc) is 3.21. The van der Waals surface area contributed by atoms with E-state index in [9.17, 15) is 8.42 Å². The molecule has 0 radical (unpaired) electrons. The standard InChI is InChI=1S/C21H30BrClN2O2S/c1-20(2,3)28(26,27)25-14-17(13-21(25)8-4-5-9-21)24-10-6-7-15-11-16(23)12-18(22)19(15)24/h11-12,17H,4-10,13-14H2,1-3H3. The molecular formula is C21H30BrClN2O2S. The van der Waals surface area contributed by atoms with Crippen molar-refractivity contribution in [2.45, 2.75) is 82.0 Å². The van der Waals surface area contributed by atoms with Crippen LogP contribution < -0.4 is 4.90 Å². The molecule has 0 amide bonds. The number of benzene rings is 1. The summed E-state index contributed by atoms with van der Waals surface area (Å²) in [7, 11) is -3.36. The largest absolute Gasteiger partial charge is 0.366 e. The molecule has 2 fully saturated rings. The zero-order chi connectivity index (χ0) is 20.3. The lowest BCUT2D eigenvalue weighted by Crippen LogP contribution is -2.51. The number of sulfonamides is 1. The van der Waals surface area contributed by atoms with E-state index in [4.69, 9.17) is 11.6 Å². The number of fused-ring (bicyclic) bond motifs is 1. The Morgan fingerprint density at radius 3 is 2.50 bits per heavy atom. The van der Waals surface area contributed by atoms with Gasteiger partial charge in [-0.25, -0.2) is 8.42 Å². The fourth-order valence-electron chi connectivity index (χ4n) is 5.42. The van der Waals surface area contributed by atoms with Crippen molar-refractivity contribution < 1.29 is 8.42 Å². The van der Waals surface area contributed by atoms with Crippen molar-refractivity contribution in [1.82, 2.24) is 4.31 Å². The number of hydrogen-bond donors (Lipinski definition) is 0. The molecule has 1 saturated heterocycles. The number of rotatable bonds is 2. The number of anilines is 1. The van der Waals surface area contributed by atoms with Gasteiger partial charge in [-0.3, -0.25) is 0 Å². The van der Waals surface area contributed by atoms with Crippen LogP contribution in [0.4, 0.5) is 5.69 Å². The molecule has 1 saturated carbocycles. The summed E-state index contributed by atoms with van der Waals surface area (Å²) in [6.07, 6.45) is 7.25. The summed E-state index contributed by atoms with van der Waals surface area (Å²) in [6, 6.07) is 4.24. The molecule has 1 aliphatic carbocycles. The maximum atomic E-state index is 13.5. The minimum atomic E-state index is -3.36. The van der Waals surface area contributed by atoms with E-state index in [0.29, 0.717) is 6.54 Å². The van der Waals surface area contributed by atoms with Crippen molar-refractivity contribution in [3.8, 4) is 0 Å². The summed E-state index contributed by atoms with van der Waals surface area (Å²) < 4.78 is 29.1. The number of aryl methyl sites for hydroxylation is 1. The number of hydrogen-bond acceptors (Lipinski definition) is 3. The van der Waals surface area contributed by atoms with Crippen LogP contribution >= 0.6 is 27.5 Å². The Morgan fingerprint density at radius 1 is 1.18 bits per heavy atom. The third-order valence-electron chi connectivity index (χ3n) is 6.80. The monoisotopic (exact) mass is 488 g/mol. The van der Waals surface area contributed by atoms with E-state index in [1.54, 1.807) is 0 Å². The fourth-order valence-corrected chi connectivity index (χ4v) is 8.32. The van der Waals surface area contributed by atoms with E-state index in [-0.39, 0.29) is 11.6 Å². The van der Waals surface area contributed by atoms with Crippen molar-refractivity contribution >= 4 is 43.2 Å². The van der Waals surface area contributed by atoms with Crippen LogP contribution in [0.3, 0.4) is 0 Å². The van der Waals surface area contributed by atoms with Crippen LogP contribution in [0.2, 0.25) is 5.02 Å². The van der Waals surface area contributed by atoms with Gasteiger partial charge in [0, 0.05) is 34.2 Å². The SMILES string of the molecule is CC(C)(C)S(=O)(=O)N1CC(N2CCCc3cc(Cl)cc(Br)c32)CC12CCCC2. The van der Waals surface area contributed by atoms with Gasteiger partial charge in [0.05, 0.1) is 10.4 Å². The molecule has 3 aliphatic rings. The third kappa shape index (κ3) is 3.32. The van der Waals surface area contributed by atoms with E-state index in [2.05, 4.69) is 26.9 Å². The highest BCUT2D eigenvalue weighted by molar-refractivity contribution is 9.10. The lowest BCUT2D eigenvalue weighted by Gasteiger charge is -2.38. The molecule has 156 valence electrons. The highest BCUT2D eigenvalue weighted by atomic mass is 79.9. The summed E-state index contributed by atoms with van der Waals surface area (Å²) in [6.45, 7) is 7.04. The van der Waals surface area contributed by atoms with Gasteiger partial charge in [-0.1, -0.05) is 24.4 Å². The first-order valence-electron chi connectivity index (χ1n) is 10.3. The third-order valence-corrected chi connectivity index (χ3v) is 10.3. The zero-order valence-corrected chi connectivity index (χ0v) is 20.1. The smallest absolute Gasteiger partial charge is 0.219 e. The highest BCUT2D eigenvalue weighted by Gasteiger charge is 2.55. The van der Waals surface area contributed by atoms with Gasteiger partial charge in [0.2, 0.25) is 10.0 Å². The minimum absolute atomic E-state index is 0.201. The Labute approximate surface area is 182 Å². The van der Waals surface area contributed by atoms with Gasteiger partial charge < -0.3 is 4.90 Å². The van der Waals surface area contributed by atoms with Crippen LogP contribution in [-0.2, 0) is 16.4 Å². The summed E-state index contributed by atoms with van der Waals surface area (Å²) in [4.78, 5) is 2.46. The van der Waals surface area contributed by atoms with Gasteiger partial charge in [-0.05, 0) is 86.5 Å². The van der Waals surface area contributed by atoms with Crippen LogP contribution in [0.15, 0.2) is 16.6 Å². The summed E-state index contributed by atoms with van der Waals surface area (Å²) in [5.41, 5.74) is 2.28. The van der Waals surface area contributed by atoms with Crippen LogP contribution in [-0.4, -0.2) is 42.1 Å². The zero-order valence-electron chi connectivity index (χ0n) is 17.0. The van der Waals surface area contributed by atoms with Gasteiger partial charge in [0.15, 0.2) is 0 Å². The first-order chi connectivity index (χ1) is 13.1. The van der Waals surface area contributed by atoms with E-state index in [0.717, 1.165) is 61.0 Å². The molecule has 1 spiro atoms. The lowest BCUT2D eigenvalue weighted by atomic mass is 9.92. The van der Waals surface area contributed by atoms with Crippen LogP contribution in [0, 0.1) is 0 Å². The maximum Gasteiger partial charge on any atom is 0.219 e. The molecule has 1 atom stereocenters. The quantitative estimate of drug-likeness (QED) is 0.561. The van der Waals surface area contributed by atoms with Crippen molar-refractivity contribution in [3.05, 3.63) is 27.2 Å². The normalized spacial score (nSPS) is 25.5. The number of halogens is 2. The van der Waals surface area contributed by atoms with Crippen LogP contribution in [0.1, 0.15) is 64.9 Å². The molecule has 1 unspecified atom stereocenters. The second kappa shape index (κ2) is 7.14. The van der Waals surface area contributed by atoms with Gasteiger partial charge >= 0.3 is 0 Å². The summed E-state index contributed by atoms with van der Waals surface area (Å²) in [5, 5.41) is 0.753. The molecule has 2 aliphatic heterocycles. The second-order valence-corrected chi connectivity index (χ2v) is 13.5. The molecule has 2 heterocycles. The van der Waals surface area contributed by atoms with E-state index in [1.807, 2.05) is 31.1 Å². The summed E-state index contributed by atoms with van der Waals surface area (Å²) >= 11 is 10.0. The first-order valence-corrected chi connectivity index (χ1v) is 12.9. The van der Waals surface area contributed by atoms with E-state index in [1.165, 1.54) is 11.3 Å². The Bertz CT molecular complexity index is 875. The predicted octanol–water partition coefficient (Wildman–Crippen LogP) is 5.37.